The van der Waals surface area contributed by atoms with Crippen molar-refractivity contribution < 1.29 is 14.4 Å². The minimum atomic E-state index is -0.303. The molecular formula is C24H21ClN2O3. The van der Waals surface area contributed by atoms with Gasteiger partial charge in [-0.2, -0.15) is 0 Å². The molecule has 2 saturated carbocycles. The molecule has 5 nitrogen and oxygen atoms in total. The van der Waals surface area contributed by atoms with Crippen molar-refractivity contribution in [3.63, 3.8) is 0 Å². The molecule has 0 radical (unpaired) electrons. The number of hydrogen-bond donors (Lipinski definition) is 0. The summed E-state index contributed by atoms with van der Waals surface area (Å²) in [5, 5.41) is 5.05. The van der Waals surface area contributed by atoms with Crippen LogP contribution in [0.25, 0.3) is 0 Å². The molecule has 0 unspecified atom stereocenters. The number of carbonyl (C=O) groups excluding carboxylic acids is 2. The maximum absolute atomic E-state index is 13.6. The van der Waals surface area contributed by atoms with Gasteiger partial charge in [-0.05, 0) is 55.0 Å². The van der Waals surface area contributed by atoms with E-state index in [1.807, 2.05) is 56.3 Å². The average Bonchev–Trinajstić information content (AvgIpc) is 3.45. The molecule has 152 valence electrons. The number of aryl methyl sites for hydroxylation is 2. The van der Waals surface area contributed by atoms with Crippen molar-refractivity contribution in [2.45, 2.75) is 26.4 Å². The Morgan fingerprint density at radius 3 is 2.23 bits per heavy atom. The van der Waals surface area contributed by atoms with Crippen molar-refractivity contribution in [1.82, 2.24) is 0 Å². The number of benzene rings is 2. The average molecular weight is 421 g/mol. The zero-order chi connectivity index (χ0) is 20.7. The Labute approximate surface area is 179 Å². The van der Waals surface area contributed by atoms with Crippen LogP contribution in [-0.4, -0.2) is 23.6 Å². The molecule has 2 bridgehead atoms. The summed E-state index contributed by atoms with van der Waals surface area (Å²) < 4.78 is 0. The van der Waals surface area contributed by atoms with Crippen LogP contribution in [0.1, 0.15) is 23.1 Å². The summed E-state index contributed by atoms with van der Waals surface area (Å²) in [6, 6.07) is 13.4. The zero-order valence-electron chi connectivity index (χ0n) is 16.7. The smallest absolute Gasteiger partial charge is 0.238 e. The van der Waals surface area contributed by atoms with Crippen molar-refractivity contribution in [1.29, 1.82) is 0 Å². The third-order valence-corrected chi connectivity index (χ3v) is 7.75. The summed E-state index contributed by atoms with van der Waals surface area (Å²) >= 11 is 6.04. The van der Waals surface area contributed by atoms with E-state index in [4.69, 9.17) is 16.4 Å². The third kappa shape index (κ3) is 2.21. The van der Waals surface area contributed by atoms with Gasteiger partial charge in [-0.15, -0.1) is 0 Å². The molecule has 0 N–H and O–H groups in total. The highest BCUT2D eigenvalue weighted by Gasteiger charge is 2.70. The number of amides is 2. The van der Waals surface area contributed by atoms with E-state index in [-0.39, 0.29) is 47.5 Å². The molecule has 2 aromatic carbocycles. The first-order valence-corrected chi connectivity index (χ1v) is 10.8. The van der Waals surface area contributed by atoms with Crippen molar-refractivity contribution >= 4 is 34.8 Å². The number of oxime groups is 1. The lowest BCUT2D eigenvalue weighted by atomic mass is 9.71. The van der Waals surface area contributed by atoms with Crippen molar-refractivity contribution in [2.75, 3.05) is 4.90 Å². The SMILES string of the molecule is Cc1cccc(C)c1N1C(=O)[C@H]2[C@@H]3C[C@@H]([C@H]4ON=C(c5ccc(Cl)cc5)[C@H]34)[C@@H]2C1=O. The molecule has 0 spiro atoms. The van der Waals surface area contributed by atoms with Gasteiger partial charge in [0.15, 0.2) is 0 Å². The highest BCUT2D eigenvalue weighted by Crippen LogP contribution is 2.62. The van der Waals surface area contributed by atoms with Crippen LogP contribution in [0.5, 0.6) is 0 Å². The molecule has 1 saturated heterocycles. The maximum atomic E-state index is 13.6. The van der Waals surface area contributed by atoms with Crippen LogP contribution in [0, 0.1) is 43.4 Å². The second kappa shape index (κ2) is 6.17. The lowest BCUT2D eigenvalue weighted by Gasteiger charge is -2.29. The number of hydrogen-bond acceptors (Lipinski definition) is 4. The second-order valence-corrected chi connectivity index (χ2v) is 9.38. The zero-order valence-corrected chi connectivity index (χ0v) is 17.5. The summed E-state index contributed by atoms with van der Waals surface area (Å²) in [6.07, 6.45) is 0.714. The van der Waals surface area contributed by atoms with Gasteiger partial charge in [-0.25, -0.2) is 4.90 Å². The first kappa shape index (κ1) is 18.1. The van der Waals surface area contributed by atoms with Crippen molar-refractivity contribution in [3.05, 3.63) is 64.2 Å². The fourth-order valence-corrected chi connectivity index (χ4v) is 6.49. The Balaban J connectivity index is 1.38. The van der Waals surface area contributed by atoms with Crippen LogP contribution >= 0.6 is 11.6 Å². The first-order valence-electron chi connectivity index (χ1n) is 10.4. The van der Waals surface area contributed by atoms with E-state index in [2.05, 4.69) is 5.16 Å². The molecule has 2 amide bonds. The highest BCUT2D eigenvalue weighted by molar-refractivity contribution is 6.30. The first-order chi connectivity index (χ1) is 14.5. The Bertz CT molecular complexity index is 1110. The van der Waals surface area contributed by atoms with Crippen LogP contribution in [0.4, 0.5) is 5.69 Å². The number of fused-ring (bicyclic) bond motifs is 8. The van der Waals surface area contributed by atoms with E-state index in [0.717, 1.165) is 34.5 Å². The fourth-order valence-electron chi connectivity index (χ4n) is 6.36. The lowest BCUT2D eigenvalue weighted by Crippen LogP contribution is -2.41. The molecule has 4 aliphatic rings. The number of rotatable bonds is 2. The normalized spacial score (nSPS) is 33.6. The van der Waals surface area contributed by atoms with Gasteiger partial charge in [0.2, 0.25) is 11.8 Å². The molecule has 2 heterocycles. The van der Waals surface area contributed by atoms with Gasteiger partial charge in [0, 0.05) is 16.9 Å². The maximum Gasteiger partial charge on any atom is 0.238 e. The summed E-state index contributed by atoms with van der Waals surface area (Å²) in [4.78, 5) is 34.4. The summed E-state index contributed by atoms with van der Waals surface area (Å²) in [6.45, 7) is 3.91. The van der Waals surface area contributed by atoms with E-state index >= 15 is 0 Å². The molecule has 2 aliphatic heterocycles. The summed E-state index contributed by atoms with van der Waals surface area (Å²) in [5.74, 6) is -0.568. The molecular weight excluding hydrogens is 400 g/mol. The van der Waals surface area contributed by atoms with Gasteiger partial charge in [-0.1, -0.05) is 47.1 Å². The molecule has 2 aromatic rings. The quantitative estimate of drug-likeness (QED) is 0.686. The number of anilines is 1. The molecule has 6 atom stereocenters. The van der Waals surface area contributed by atoms with E-state index in [9.17, 15) is 9.59 Å². The molecule has 30 heavy (non-hydrogen) atoms. The largest absolute Gasteiger partial charge is 0.391 e. The summed E-state index contributed by atoms with van der Waals surface area (Å²) in [7, 11) is 0. The van der Waals surface area contributed by atoms with Gasteiger partial charge in [0.05, 0.1) is 23.2 Å². The van der Waals surface area contributed by atoms with Gasteiger partial charge in [-0.3, -0.25) is 9.59 Å². The molecule has 0 aromatic heterocycles. The Morgan fingerprint density at radius 2 is 1.57 bits per heavy atom. The van der Waals surface area contributed by atoms with Crippen molar-refractivity contribution in [2.24, 2.45) is 34.7 Å². The topological polar surface area (TPSA) is 59.0 Å². The number of halogens is 1. The highest BCUT2D eigenvalue weighted by atomic mass is 35.5. The predicted octanol–water partition coefficient (Wildman–Crippen LogP) is 4.13. The molecule has 6 heteroatoms. The Hall–Kier alpha value is -2.66. The van der Waals surface area contributed by atoms with Gasteiger partial charge >= 0.3 is 0 Å². The molecule has 2 aliphatic carbocycles. The Kier molecular flexibility index (Phi) is 3.73. The van der Waals surface area contributed by atoms with Crippen LogP contribution in [-0.2, 0) is 14.4 Å². The van der Waals surface area contributed by atoms with Crippen LogP contribution in [0.15, 0.2) is 47.6 Å². The lowest BCUT2D eigenvalue weighted by molar-refractivity contribution is -0.125. The molecule has 3 fully saturated rings. The van der Waals surface area contributed by atoms with Crippen LogP contribution in [0.2, 0.25) is 5.02 Å². The summed E-state index contributed by atoms with van der Waals surface area (Å²) in [5.41, 5.74) is 4.50. The van der Waals surface area contributed by atoms with Gasteiger partial charge < -0.3 is 4.84 Å². The third-order valence-electron chi connectivity index (χ3n) is 7.49. The van der Waals surface area contributed by atoms with Crippen molar-refractivity contribution in [3.8, 4) is 0 Å². The monoisotopic (exact) mass is 420 g/mol. The van der Waals surface area contributed by atoms with E-state index in [1.54, 1.807) is 0 Å². The van der Waals surface area contributed by atoms with E-state index in [0.29, 0.717) is 5.02 Å². The predicted molar refractivity (Wildman–Crippen MR) is 113 cm³/mol. The van der Waals surface area contributed by atoms with E-state index < -0.39 is 0 Å². The number of carbonyl (C=O) groups is 2. The second-order valence-electron chi connectivity index (χ2n) is 8.95. The van der Waals surface area contributed by atoms with Gasteiger partial charge in [0.25, 0.3) is 0 Å². The van der Waals surface area contributed by atoms with E-state index in [1.165, 1.54) is 4.90 Å². The standard InChI is InChI=1S/C24H21ClN2O3/c1-11-4-3-5-12(2)21(11)27-23(28)17-15-10-16(18(17)24(27)29)22-19(15)20(26-30-22)13-6-8-14(25)9-7-13/h3-9,15-19,22H,10H2,1-2H3/t15-,16+,17-,18-,19-,22+/m0/s1. The number of para-hydroxylation sites is 1. The van der Waals surface area contributed by atoms with Crippen LogP contribution in [0.3, 0.4) is 0 Å². The number of imide groups is 1. The number of nitrogens with zero attached hydrogens (tertiary/aromatic N) is 2. The minimum absolute atomic E-state index is 0.0318. The molecule has 6 rings (SSSR count). The minimum Gasteiger partial charge on any atom is -0.391 e. The van der Waals surface area contributed by atoms with Gasteiger partial charge in [0.1, 0.15) is 6.10 Å². The fraction of sp³-hybridized carbons (Fsp3) is 0.375. The Morgan fingerprint density at radius 1 is 0.933 bits per heavy atom. The van der Waals surface area contributed by atoms with Crippen LogP contribution < -0.4 is 4.90 Å².